The van der Waals surface area contributed by atoms with Gasteiger partial charge in [0.05, 0.1) is 11.4 Å². The number of carbonyl (C=O) groups is 1. The standard InChI is InChI=1S/C14H24N4O/c1-3-7-11-12(15)13(17-16-11)14(19)18-9-6-4-5-8-10(18)2/h10H,3-9,15H2,1-2H3,(H,16,17). The summed E-state index contributed by atoms with van der Waals surface area (Å²) in [6, 6.07) is 0.278. The first-order valence-electron chi connectivity index (χ1n) is 7.28. The molecule has 5 heteroatoms. The van der Waals surface area contributed by atoms with Crippen LogP contribution < -0.4 is 5.73 Å². The zero-order valence-electron chi connectivity index (χ0n) is 11.9. The molecule has 1 atom stereocenters. The molecular formula is C14H24N4O. The van der Waals surface area contributed by atoms with E-state index >= 15 is 0 Å². The van der Waals surface area contributed by atoms with E-state index in [-0.39, 0.29) is 11.9 Å². The lowest BCUT2D eigenvalue weighted by atomic mass is 10.1. The smallest absolute Gasteiger partial charge is 0.276 e. The number of amides is 1. The average molecular weight is 264 g/mol. The number of aromatic nitrogens is 2. The summed E-state index contributed by atoms with van der Waals surface area (Å²) in [7, 11) is 0. The van der Waals surface area contributed by atoms with Crippen molar-refractivity contribution in [1.82, 2.24) is 15.1 Å². The van der Waals surface area contributed by atoms with Gasteiger partial charge >= 0.3 is 0 Å². The zero-order chi connectivity index (χ0) is 13.8. The summed E-state index contributed by atoms with van der Waals surface area (Å²) in [5.41, 5.74) is 7.85. The number of nitrogen functional groups attached to an aromatic ring is 1. The number of hydrogen-bond donors (Lipinski definition) is 2. The minimum Gasteiger partial charge on any atom is -0.395 e. The van der Waals surface area contributed by atoms with Crippen molar-refractivity contribution in [3.63, 3.8) is 0 Å². The van der Waals surface area contributed by atoms with Gasteiger partial charge in [0, 0.05) is 12.6 Å². The highest BCUT2D eigenvalue weighted by molar-refractivity contribution is 5.97. The first-order chi connectivity index (χ1) is 9.15. The monoisotopic (exact) mass is 264 g/mol. The summed E-state index contributed by atoms with van der Waals surface area (Å²) in [4.78, 5) is 14.5. The molecule has 1 unspecified atom stereocenters. The molecule has 1 aliphatic heterocycles. The molecule has 1 fully saturated rings. The van der Waals surface area contributed by atoms with Gasteiger partial charge < -0.3 is 10.6 Å². The molecule has 3 N–H and O–H groups in total. The second-order valence-corrected chi connectivity index (χ2v) is 5.41. The van der Waals surface area contributed by atoms with Gasteiger partial charge in [-0.15, -0.1) is 0 Å². The lowest BCUT2D eigenvalue weighted by molar-refractivity contribution is 0.0693. The van der Waals surface area contributed by atoms with Crippen LogP contribution in [0, 0.1) is 0 Å². The fraction of sp³-hybridized carbons (Fsp3) is 0.714. The fourth-order valence-corrected chi connectivity index (χ4v) is 2.70. The van der Waals surface area contributed by atoms with Crippen molar-refractivity contribution in [3.8, 4) is 0 Å². The molecule has 1 saturated heterocycles. The number of nitrogens with zero attached hydrogens (tertiary/aromatic N) is 2. The van der Waals surface area contributed by atoms with Gasteiger partial charge in [0.15, 0.2) is 5.69 Å². The van der Waals surface area contributed by atoms with Crippen LogP contribution in [0.3, 0.4) is 0 Å². The van der Waals surface area contributed by atoms with Crippen molar-refractivity contribution in [1.29, 1.82) is 0 Å². The van der Waals surface area contributed by atoms with Crippen LogP contribution >= 0.6 is 0 Å². The van der Waals surface area contributed by atoms with E-state index in [0.717, 1.165) is 37.9 Å². The largest absolute Gasteiger partial charge is 0.395 e. The topological polar surface area (TPSA) is 75.0 Å². The summed E-state index contributed by atoms with van der Waals surface area (Å²) in [6.07, 6.45) is 6.36. The van der Waals surface area contributed by atoms with Crippen LogP contribution in [0.4, 0.5) is 5.69 Å². The Labute approximate surface area is 114 Å². The highest BCUT2D eigenvalue weighted by Crippen LogP contribution is 2.22. The Bertz CT molecular complexity index is 441. The molecule has 1 amide bonds. The van der Waals surface area contributed by atoms with Crippen molar-refractivity contribution in [2.24, 2.45) is 0 Å². The van der Waals surface area contributed by atoms with Gasteiger partial charge in [0.2, 0.25) is 0 Å². The number of aromatic amines is 1. The van der Waals surface area contributed by atoms with Gasteiger partial charge in [-0.3, -0.25) is 9.89 Å². The molecule has 106 valence electrons. The quantitative estimate of drug-likeness (QED) is 0.880. The van der Waals surface area contributed by atoms with E-state index in [9.17, 15) is 4.79 Å². The van der Waals surface area contributed by atoms with Gasteiger partial charge in [0.25, 0.3) is 5.91 Å². The first-order valence-corrected chi connectivity index (χ1v) is 7.28. The predicted molar refractivity (Wildman–Crippen MR) is 76.0 cm³/mol. The SMILES string of the molecule is CCCc1[nH]nc(C(=O)N2CCCCCC2C)c1N. The third-order valence-electron chi connectivity index (χ3n) is 3.90. The molecule has 0 aromatic carbocycles. The van der Waals surface area contributed by atoms with E-state index in [1.807, 2.05) is 4.90 Å². The molecule has 0 radical (unpaired) electrons. The lowest BCUT2D eigenvalue weighted by Gasteiger charge is -2.26. The van der Waals surface area contributed by atoms with Crippen LogP contribution in [-0.2, 0) is 6.42 Å². The summed E-state index contributed by atoms with van der Waals surface area (Å²) in [5, 5.41) is 7.04. The molecule has 1 aromatic rings. The number of aryl methyl sites for hydroxylation is 1. The van der Waals surface area contributed by atoms with Crippen LogP contribution in [0.15, 0.2) is 0 Å². The molecule has 0 aliphatic carbocycles. The van der Waals surface area contributed by atoms with Gasteiger partial charge in [-0.05, 0) is 26.2 Å². The van der Waals surface area contributed by atoms with Crippen molar-refractivity contribution in [3.05, 3.63) is 11.4 Å². The zero-order valence-corrected chi connectivity index (χ0v) is 11.9. The Morgan fingerprint density at radius 2 is 2.26 bits per heavy atom. The van der Waals surface area contributed by atoms with Crippen molar-refractivity contribution < 1.29 is 4.79 Å². The number of nitrogens with two attached hydrogens (primary N) is 1. The molecule has 19 heavy (non-hydrogen) atoms. The first kappa shape index (κ1) is 13.9. The maximum Gasteiger partial charge on any atom is 0.276 e. The number of hydrogen-bond acceptors (Lipinski definition) is 3. The number of nitrogens with one attached hydrogen (secondary N) is 1. The van der Waals surface area contributed by atoms with Gasteiger partial charge in [-0.25, -0.2) is 0 Å². The molecule has 5 nitrogen and oxygen atoms in total. The number of likely N-dealkylation sites (tertiary alicyclic amines) is 1. The molecule has 2 rings (SSSR count). The third-order valence-corrected chi connectivity index (χ3v) is 3.90. The molecule has 1 aliphatic rings. The minimum absolute atomic E-state index is 0.0227. The second kappa shape index (κ2) is 6.08. The highest BCUT2D eigenvalue weighted by Gasteiger charge is 2.27. The van der Waals surface area contributed by atoms with Crippen LogP contribution in [0.1, 0.15) is 62.1 Å². The molecular weight excluding hydrogens is 240 g/mol. The molecule has 1 aromatic heterocycles. The van der Waals surface area contributed by atoms with E-state index in [0.29, 0.717) is 11.4 Å². The maximum absolute atomic E-state index is 12.6. The Kier molecular flexibility index (Phi) is 4.45. The highest BCUT2D eigenvalue weighted by atomic mass is 16.2. The molecule has 0 saturated carbocycles. The second-order valence-electron chi connectivity index (χ2n) is 5.41. The van der Waals surface area contributed by atoms with Crippen molar-refractivity contribution in [2.75, 3.05) is 12.3 Å². The number of anilines is 1. The molecule has 2 heterocycles. The summed E-state index contributed by atoms with van der Waals surface area (Å²) in [6.45, 7) is 5.01. The van der Waals surface area contributed by atoms with Crippen molar-refractivity contribution in [2.45, 2.75) is 58.4 Å². The van der Waals surface area contributed by atoms with Crippen LogP contribution in [0.25, 0.3) is 0 Å². The van der Waals surface area contributed by atoms with E-state index in [1.54, 1.807) is 0 Å². The van der Waals surface area contributed by atoms with Gasteiger partial charge in [-0.2, -0.15) is 5.10 Å². The number of carbonyl (C=O) groups excluding carboxylic acids is 1. The van der Waals surface area contributed by atoms with Crippen molar-refractivity contribution >= 4 is 11.6 Å². The molecule has 0 bridgehead atoms. The van der Waals surface area contributed by atoms with E-state index in [4.69, 9.17) is 5.73 Å². The Morgan fingerprint density at radius 3 is 3.00 bits per heavy atom. The lowest BCUT2D eigenvalue weighted by Crippen LogP contribution is -2.38. The minimum atomic E-state index is -0.0227. The van der Waals surface area contributed by atoms with E-state index in [1.165, 1.54) is 12.8 Å². The normalized spacial score (nSPS) is 20.3. The fourth-order valence-electron chi connectivity index (χ4n) is 2.70. The van der Waals surface area contributed by atoms with Crippen LogP contribution in [0.2, 0.25) is 0 Å². The summed E-state index contributed by atoms with van der Waals surface area (Å²) in [5.74, 6) is -0.0227. The van der Waals surface area contributed by atoms with Crippen LogP contribution in [-0.4, -0.2) is 33.6 Å². The molecule has 0 spiro atoms. The predicted octanol–water partition coefficient (Wildman–Crippen LogP) is 2.35. The Morgan fingerprint density at radius 1 is 1.47 bits per heavy atom. The van der Waals surface area contributed by atoms with E-state index in [2.05, 4.69) is 24.0 Å². The number of H-pyrrole nitrogens is 1. The Hall–Kier alpha value is -1.52. The summed E-state index contributed by atoms with van der Waals surface area (Å²) < 4.78 is 0. The third kappa shape index (κ3) is 2.91. The van der Waals surface area contributed by atoms with Crippen LogP contribution in [0.5, 0.6) is 0 Å². The average Bonchev–Trinajstić information content (AvgIpc) is 2.61. The Balaban J connectivity index is 2.18. The van der Waals surface area contributed by atoms with Gasteiger partial charge in [-0.1, -0.05) is 26.2 Å². The van der Waals surface area contributed by atoms with E-state index < -0.39 is 0 Å². The summed E-state index contributed by atoms with van der Waals surface area (Å²) >= 11 is 0. The van der Waals surface area contributed by atoms with Gasteiger partial charge in [0.1, 0.15) is 0 Å². The number of rotatable bonds is 3. The maximum atomic E-state index is 12.6.